The Hall–Kier alpha value is -1.85. The van der Waals surface area contributed by atoms with Crippen molar-refractivity contribution in [2.24, 2.45) is 0 Å². The molecule has 0 unspecified atom stereocenters. The van der Waals surface area contributed by atoms with Gasteiger partial charge in [0, 0.05) is 16.7 Å². The normalized spacial score (nSPS) is 10.4. The molecule has 0 fully saturated rings. The molecule has 6 nitrogen and oxygen atoms in total. The number of nitrogens with one attached hydrogen (secondary N) is 1. The van der Waals surface area contributed by atoms with Crippen molar-refractivity contribution in [2.75, 3.05) is 0 Å². The van der Waals surface area contributed by atoms with Crippen molar-refractivity contribution in [2.45, 2.75) is 0 Å². The van der Waals surface area contributed by atoms with Crippen LogP contribution in [0, 0.1) is 17.1 Å². The molecule has 0 aliphatic rings. The lowest BCUT2D eigenvalue weighted by Gasteiger charge is -2.04. The van der Waals surface area contributed by atoms with Crippen molar-refractivity contribution in [3.05, 3.63) is 29.6 Å². The fraction of sp³-hybridized carbons (Fsp3) is 0. The summed E-state index contributed by atoms with van der Waals surface area (Å²) >= 11 is 0. The van der Waals surface area contributed by atoms with Crippen molar-refractivity contribution in [3.63, 3.8) is 0 Å². The van der Waals surface area contributed by atoms with E-state index in [2.05, 4.69) is 4.74 Å². The first-order valence-electron chi connectivity index (χ1n) is 3.95. The molecule has 0 aliphatic heterocycles. The molecule has 0 spiro atoms. The molecule has 1 rings (SSSR count). The van der Waals surface area contributed by atoms with Gasteiger partial charge in [0.1, 0.15) is 17.6 Å². The second-order valence-corrected chi connectivity index (χ2v) is 4.98. The number of halogens is 2. The van der Waals surface area contributed by atoms with E-state index in [1.54, 1.807) is 6.07 Å². The van der Waals surface area contributed by atoms with Crippen molar-refractivity contribution < 1.29 is 22.3 Å². The summed E-state index contributed by atoms with van der Waals surface area (Å²) in [4.78, 5) is 10.9. The van der Waals surface area contributed by atoms with Crippen LogP contribution in [0.15, 0.2) is 18.2 Å². The molecule has 0 atom stereocenters. The number of hydrogen-bond donors (Lipinski definition) is 1. The van der Waals surface area contributed by atoms with Gasteiger partial charge in [0.2, 0.25) is 0 Å². The van der Waals surface area contributed by atoms with Crippen molar-refractivity contribution in [1.82, 2.24) is 4.72 Å². The number of carbonyl (C=O) groups is 1. The summed E-state index contributed by atoms with van der Waals surface area (Å²) in [5.41, 5.74) is -0.234. The maximum Gasteiger partial charge on any atom is 0.427 e. The van der Waals surface area contributed by atoms with E-state index in [0.29, 0.717) is 0 Å². The third-order valence-corrected chi connectivity index (χ3v) is 2.12. The van der Waals surface area contributed by atoms with Crippen LogP contribution in [-0.2, 0) is 9.24 Å². The minimum atomic E-state index is -4.26. The Bertz CT molecular complexity index is 596. The molecule has 17 heavy (non-hydrogen) atoms. The van der Waals surface area contributed by atoms with Crippen LogP contribution in [0.3, 0.4) is 0 Å². The summed E-state index contributed by atoms with van der Waals surface area (Å²) in [6.07, 6.45) is -1.39. The van der Waals surface area contributed by atoms with Crippen LogP contribution in [-0.4, -0.2) is 14.5 Å². The SMILES string of the molecule is N#Cc1ccc(OC(=O)NS(=O)(=O)Cl)cc1F. The van der Waals surface area contributed by atoms with Crippen LogP contribution in [0.1, 0.15) is 5.56 Å². The monoisotopic (exact) mass is 278 g/mol. The number of nitrogens with zero attached hydrogens (tertiary/aromatic N) is 1. The van der Waals surface area contributed by atoms with Gasteiger partial charge in [0.15, 0.2) is 0 Å². The highest BCUT2D eigenvalue weighted by atomic mass is 35.7. The molecular formula is C8H4ClFN2O4S. The number of amides is 1. The van der Waals surface area contributed by atoms with E-state index < -0.39 is 21.1 Å². The average molecular weight is 279 g/mol. The Labute approximate surface area is 100 Å². The van der Waals surface area contributed by atoms with Gasteiger partial charge in [0.05, 0.1) is 5.56 Å². The van der Waals surface area contributed by atoms with Gasteiger partial charge in [-0.25, -0.2) is 13.9 Å². The first-order chi connectivity index (χ1) is 7.81. The second-order valence-electron chi connectivity index (χ2n) is 2.68. The Morgan fingerprint density at radius 1 is 1.53 bits per heavy atom. The molecule has 1 N–H and O–H groups in total. The number of nitriles is 1. The van der Waals surface area contributed by atoms with Crippen molar-refractivity contribution in [3.8, 4) is 11.8 Å². The maximum atomic E-state index is 13.1. The maximum absolute atomic E-state index is 13.1. The van der Waals surface area contributed by atoms with Crippen LogP contribution in [0.4, 0.5) is 9.18 Å². The Balaban J connectivity index is 2.81. The highest BCUT2D eigenvalue weighted by Crippen LogP contribution is 2.16. The molecule has 0 bridgehead atoms. The number of benzene rings is 1. The van der Waals surface area contributed by atoms with Crippen LogP contribution in [0.2, 0.25) is 0 Å². The lowest BCUT2D eigenvalue weighted by atomic mass is 10.2. The van der Waals surface area contributed by atoms with E-state index >= 15 is 0 Å². The number of ether oxygens (including phenoxy) is 1. The zero-order valence-corrected chi connectivity index (χ0v) is 9.55. The summed E-state index contributed by atoms with van der Waals surface area (Å²) in [6, 6.07) is 4.53. The summed E-state index contributed by atoms with van der Waals surface area (Å²) in [7, 11) is 0.452. The van der Waals surface area contributed by atoms with Crippen molar-refractivity contribution in [1.29, 1.82) is 5.26 Å². The minimum absolute atomic E-state index is 0.234. The lowest BCUT2D eigenvalue weighted by molar-refractivity contribution is 0.207. The number of rotatable bonds is 2. The summed E-state index contributed by atoms with van der Waals surface area (Å²) in [6.45, 7) is 0. The van der Waals surface area contributed by atoms with Crippen LogP contribution < -0.4 is 9.46 Å². The lowest BCUT2D eigenvalue weighted by Crippen LogP contribution is -2.29. The molecule has 0 heterocycles. The number of hydrogen-bond acceptors (Lipinski definition) is 5. The van der Waals surface area contributed by atoms with Gasteiger partial charge in [-0.15, -0.1) is 0 Å². The Morgan fingerprint density at radius 2 is 2.18 bits per heavy atom. The third-order valence-electron chi connectivity index (χ3n) is 1.48. The zero-order chi connectivity index (χ0) is 13.1. The number of carbonyl (C=O) groups excluding carboxylic acids is 1. The smallest absolute Gasteiger partial charge is 0.410 e. The van der Waals surface area contributed by atoms with E-state index in [9.17, 15) is 17.6 Å². The van der Waals surface area contributed by atoms with Crippen LogP contribution >= 0.6 is 10.7 Å². The predicted octanol–water partition coefficient (Wildman–Crippen LogP) is 1.27. The van der Waals surface area contributed by atoms with E-state index in [0.717, 1.165) is 18.2 Å². The van der Waals surface area contributed by atoms with E-state index in [-0.39, 0.29) is 11.3 Å². The molecule has 0 aliphatic carbocycles. The molecular weight excluding hydrogens is 275 g/mol. The average Bonchev–Trinajstić information content (AvgIpc) is 2.14. The molecule has 1 amide bonds. The summed E-state index contributed by atoms with van der Waals surface area (Å²) < 4.78 is 39.6. The Morgan fingerprint density at radius 3 is 2.65 bits per heavy atom. The molecule has 9 heteroatoms. The van der Waals surface area contributed by atoms with Gasteiger partial charge in [-0.1, -0.05) is 0 Å². The fourth-order valence-electron chi connectivity index (χ4n) is 0.877. The first-order valence-corrected chi connectivity index (χ1v) is 6.26. The Kier molecular flexibility index (Phi) is 3.88. The third kappa shape index (κ3) is 4.26. The minimum Gasteiger partial charge on any atom is -0.410 e. The van der Waals surface area contributed by atoms with E-state index in [1.807, 2.05) is 0 Å². The second kappa shape index (κ2) is 4.99. The quantitative estimate of drug-likeness (QED) is 0.822. The van der Waals surface area contributed by atoms with Gasteiger partial charge in [-0.3, -0.25) is 0 Å². The highest BCUT2D eigenvalue weighted by molar-refractivity contribution is 8.12. The fourth-order valence-corrected chi connectivity index (χ4v) is 1.31. The van der Waals surface area contributed by atoms with Gasteiger partial charge < -0.3 is 4.74 Å². The molecule has 0 aromatic heterocycles. The molecule has 0 radical (unpaired) electrons. The zero-order valence-electron chi connectivity index (χ0n) is 7.98. The highest BCUT2D eigenvalue weighted by Gasteiger charge is 2.13. The first kappa shape index (κ1) is 13.2. The predicted molar refractivity (Wildman–Crippen MR) is 55.0 cm³/mol. The summed E-state index contributed by atoms with van der Waals surface area (Å²) in [5.74, 6) is -1.16. The molecule has 1 aromatic carbocycles. The van der Waals surface area contributed by atoms with Gasteiger partial charge in [-0.2, -0.15) is 13.7 Å². The molecule has 0 saturated heterocycles. The largest absolute Gasteiger partial charge is 0.427 e. The van der Waals surface area contributed by atoms with E-state index in [4.69, 9.17) is 15.9 Å². The standard InChI is InChI=1S/C8H4ClFN2O4S/c9-17(14,15)12-8(13)16-6-2-1-5(4-11)7(10)3-6/h1-3H,(H,12,13). The van der Waals surface area contributed by atoms with Gasteiger partial charge in [0.25, 0.3) is 0 Å². The van der Waals surface area contributed by atoms with Crippen LogP contribution in [0.25, 0.3) is 0 Å². The molecule has 90 valence electrons. The molecule has 1 aromatic rings. The molecule has 0 saturated carbocycles. The van der Waals surface area contributed by atoms with Crippen molar-refractivity contribution >= 4 is 26.0 Å². The van der Waals surface area contributed by atoms with Gasteiger partial charge >= 0.3 is 15.3 Å². The van der Waals surface area contributed by atoms with E-state index in [1.165, 1.54) is 4.72 Å². The van der Waals surface area contributed by atoms with Crippen LogP contribution in [0.5, 0.6) is 5.75 Å². The van der Waals surface area contributed by atoms with Gasteiger partial charge in [-0.05, 0) is 12.1 Å². The summed E-state index contributed by atoms with van der Waals surface area (Å²) in [5, 5.41) is 8.44. The topological polar surface area (TPSA) is 96.3 Å².